The largest absolute Gasteiger partial charge is 0.494 e. The number of benzene rings is 1. The number of aromatic hydroxyl groups is 1. The minimum Gasteiger partial charge on any atom is -0.494 e. The van der Waals surface area contributed by atoms with Crippen molar-refractivity contribution in [2.75, 3.05) is 0 Å². The lowest BCUT2D eigenvalue weighted by Gasteiger charge is -2.09. The van der Waals surface area contributed by atoms with Gasteiger partial charge in [-0.3, -0.25) is 19.8 Å². The van der Waals surface area contributed by atoms with Gasteiger partial charge in [-0.2, -0.15) is 0 Å². The molecule has 1 aliphatic heterocycles. The van der Waals surface area contributed by atoms with Gasteiger partial charge in [0.15, 0.2) is 0 Å². The third-order valence-corrected chi connectivity index (χ3v) is 3.88. The Morgan fingerprint density at radius 1 is 1.12 bits per heavy atom. The summed E-state index contributed by atoms with van der Waals surface area (Å²) in [5, 5.41) is 10.5. The molecule has 0 atom stereocenters. The van der Waals surface area contributed by atoms with Crippen LogP contribution in [0, 0.1) is 0 Å². The number of rotatable bonds is 2. The molecule has 0 spiro atoms. The molecule has 1 aromatic carbocycles. The first-order valence-electron chi connectivity index (χ1n) is 7.49. The van der Waals surface area contributed by atoms with Gasteiger partial charge in [-0.25, -0.2) is 9.36 Å². The summed E-state index contributed by atoms with van der Waals surface area (Å²) >= 11 is 0. The topological polar surface area (TPSA) is 100 Å². The van der Waals surface area contributed by atoms with Crippen molar-refractivity contribution in [1.82, 2.24) is 14.5 Å². The molecule has 2 aromatic heterocycles. The van der Waals surface area contributed by atoms with Crippen molar-refractivity contribution in [3.63, 3.8) is 0 Å². The van der Waals surface area contributed by atoms with Crippen LogP contribution in [0.1, 0.15) is 11.1 Å². The second-order valence-electron chi connectivity index (χ2n) is 5.42. The Hall–Kier alpha value is -3.74. The van der Waals surface area contributed by atoms with Crippen LogP contribution in [0.5, 0.6) is 5.88 Å². The molecule has 0 aliphatic carbocycles. The Kier molecular flexibility index (Phi) is 3.39. The number of allylic oxidation sites excluding steroid dienone is 1. The molecule has 7 heteroatoms. The fraction of sp³-hybridized carbons (Fsp3) is 0. The zero-order chi connectivity index (χ0) is 17.4. The maximum absolute atomic E-state index is 12.2. The minimum atomic E-state index is -0.738. The number of hydrogen-bond donors (Lipinski definition) is 2. The Bertz CT molecular complexity index is 1140. The summed E-state index contributed by atoms with van der Waals surface area (Å²) in [4.78, 5) is 34.7. The molecule has 0 unspecified atom stereocenters. The van der Waals surface area contributed by atoms with Crippen molar-refractivity contribution in [2.24, 2.45) is 4.99 Å². The van der Waals surface area contributed by atoms with Gasteiger partial charge in [0.2, 0.25) is 5.88 Å². The van der Waals surface area contributed by atoms with E-state index in [0.29, 0.717) is 11.3 Å². The Morgan fingerprint density at radius 3 is 2.76 bits per heavy atom. The van der Waals surface area contributed by atoms with E-state index in [1.165, 1.54) is 12.3 Å². The van der Waals surface area contributed by atoms with E-state index in [1.807, 2.05) is 24.3 Å². The lowest BCUT2D eigenvalue weighted by Crippen LogP contribution is -2.30. The van der Waals surface area contributed by atoms with Gasteiger partial charge in [-0.1, -0.05) is 18.2 Å². The summed E-state index contributed by atoms with van der Waals surface area (Å²) in [6.45, 7) is 0. The number of nitrogens with one attached hydrogen (secondary N) is 1. The maximum Gasteiger partial charge on any atom is 0.335 e. The Balaban J connectivity index is 1.93. The number of fused-ring (bicyclic) bond motifs is 1. The SMILES string of the molecule is O=c1[nH]c(=O)n(-c2cccnc2)c(O)c1C=C1C=Nc2ccccc21. The van der Waals surface area contributed by atoms with Crippen LogP contribution in [0.25, 0.3) is 17.3 Å². The van der Waals surface area contributed by atoms with Crippen LogP contribution in [-0.4, -0.2) is 25.9 Å². The van der Waals surface area contributed by atoms with Crippen molar-refractivity contribution >= 4 is 23.6 Å². The molecule has 0 radical (unpaired) electrons. The Labute approximate surface area is 141 Å². The molecule has 1 aliphatic rings. The quantitative estimate of drug-likeness (QED) is 0.748. The molecular weight excluding hydrogens is 320 g/mol. The number of aromatic nitrogens is 3. The van der Waals surface area contributed by atoms with E-state index in [9.17, 15) is 14.7 Å². The number of nitrogens with zero attached hydrogens (tertiary/aromatic N) is 3. The van der Waals surface area contributed by atoms with Gasteiger partial charge >= 0.3 is 5.69 Å². The molecular formula is C18H12N4O3. The molecule has 2 N–H and O–H groups in total. The summed E-state index contributed by atoms with van der Waals surface area (Å²) in [5.41, 5.74) is 1.22. The monoisotopic (exact) mass is 332 g/mol. The van der Waals surface area contributed by atoms with E-state index in [4.69, 9.17) is 0 Å². The zero-order valence-corrected chi connectivity index (χ0v) is 12.9. The number of H-pyrrole nitrogens is 1. The number of aliphatic imine (C=N–C) groups is 1. The van der Waals surface area contributed by atoms with Crippen molar-refractivity contribution in [2.45, 2.75) is 0 Å². The molecule has 3 aromatic rings. The summed E-state index contributed by atoms with van der Waals surface area (Å²) < 4.78 is 0.999. The highest BCUT2D eigenvalue weighted by Gasteiger charge is 2.17. The standard InChI is InChI=1S/C18H12N4O3/c23-16-14(8-11-9-20-15-6-2-1-5-13(11)15)17(24)22(18(25)21-16)12-4-3-7-19-10-12/h1-10,24H,(H,21,23,25). The van der Waals surface area contributed by atoms with Gasteiger partial charge in [-0.15, -0.1) is 0 Å². The van der Waals surface area contributed by atoms with Gasteiger partial charge in [0.25, 0.3) is 5.56 Å². The van der Waals surface area contributed by atoms with Crippen LogP contribution in [-0.2, 0) is 0 Å². The van der Waals surface area contributed by atoms with Crippen molar-refractivity contribution in [1.29, 1.82) is 0 Å². The third kappa shape index (κ3) is 2.47. The fourth-order valence-corrected chi connectivity index (χ4v) is 2.70. The average molecular weight is 332 g/mol. The number of hydrogen-bond acceptors (Lipinski definition) is 5. The second-order valence-corrected chi connectivity index (χ2v) is 5.42. The van der Waals surface area contributed by atoms with Crippen LogP contribution >= 0.6 is 0 Å². The van der Waals surface area contributed by atoms with Crippen LogP contribution in [0.15, 0.2) is 63.4 Å². The summed E-state index contributed by atoms with van der Waals surface area (Å²) in [7, 11) is 0. The lowest BCUT2D eigenvalue weighted by atomic mass is 10.1. The van der Waals surface area contributed by atoms with Gasteiger partial charge in [0, 0.05) is 23.5 Å². The fourth-order valence-electron chi connectivity index (χ4n) is 2.70. The molecule has 0 amide bonds. The van der Waals surface area contributed by atoms with Crippen LogP contribution in [0.2, 0.25) is 0 Å². The first kappa shape index (κ1) is 14.8. The van der Waals surface area contributed by atoms with E-state index >= 15 is 0 Å². The number of aromatic amines is 1. The van der Waals surface area contributed by atoms with Crippen LogP contribution in [0.4, 0.5) is 5.69 Å². The predicted octanol–water partition coefficient (Wildman–Crippen LogP) is 1.88. The summed E-state index contributed by atoms with van der Waals surface area (Å²) in [5.74, 6) is -0.452. The molecule has 0 fully saturated rings. The zero-order valence-electron chi connectivity index (χ0n) is 12.9. The predicted molar refractivity (Wildman–Crippen MR) is 94.6 cm³/mol. The second kappa shape index (κ2) is 5.72. The molecule has 3 heterocycles. The van der Waals surface area contributed by atoms with E-state index in [0.717, 1.165) is 15.8 Å². The maximum atomic E-state index is 12.2. The minimum absolute atomic E-state index is 0.0263. The number of para-hydroxylation sites is 1. The molecule has 7 nitrogen and oxygen atoms in total. The third-order valence-electron chi connectivity index (χ3n) is 3.88. The summed E-state index contributed by atoms with van der Waals surface area (Å²) in [6.07, 6.45) is 6.09. The van der Waals surface area contributed by atoms with Gasteiger partial charge in [-0.05, 0) is 24.3 Å². The van der Waals surface area contributed by atoms with Crippen molar-refractivity contribution in [3.8, 4) is 11.6 Å². The van der Waals surface area contributed by atoms with Crippen LogP contribution < -0.4 is 11.2 Å². The first-order chi connectivity index (χ1) is 12.1. The van der Waals surface area contributed by atoms with Gasteiger partial charge in [0.05, 0.1) is 17.6 Å². The van der Waals surface area contributed by atoms with E-state index in [2.05, 4.69) is 15.0 Å². The van der Waals surface area contributed by atoms with Crippen molar-refractivity contribution < 1.29 is 5.11 Å². The van der Waals surface area contributed by atoms with E-state index in [1.54, 1.807) is 24.5 Å². The van der Waals surface area contributed by atoms with Gasteiger partial charge < -0.3 is 5.11 Å². The van der Waals surface area contributed by atoms with Crippen molar-refractivity contribution in [3.05, 3.63) is 80.8 Å². The summed E-state index contributed by atoms with van der Waals surface area (Å²) in [6, 6.07) is 10.7. The Morgan fingerprint density at radius 2 is 1.96 bits per heavy atom. The normalized spacial score (nSPS) is 14.0. The molecule has 0 saturated carbocycles. The highest BCUT2D eigenvalue weighted by Crippen LogP contribution is 2.32. The molecule has 122 valence electrons. The smallest absolute Gasteiger partial charge is 0.335 e. The average Bonchev–Trinajstić information content (AvgIpc) is 3.02. The molecule has 4 rings (SSSR count). The van der Waals surface area contributed by atoms with E-state index in [-0.39, 0.29) is 5.56 Å². The highest BCUT2D eigenvalue weighted by molar-refractivity contribution is 6.21. The highest BCUT2D eigenvalue weighted by atomic mass is 16.3. The lowest BCUT2D eigenvalue weighted by molar-refractivity contribution is 0.429. The van der Waals surface area contributed by atoms with E-state index < -0.39 is 17.1 Å². The van der Waals surface area contributed by atoms with Gasteiger partial charge in [0.1, 0.15) is 5.56 Å². The molecule has 0 saturated heterocycles. The molecule has 25 heavy (non-hydrogen) atoms. The number of pyridine rings is 1. The first-order valence-corrected chi connectivity index (χ1v) is 7.49. The van der Waals surface area contributed by atoms with Crippen LogP contribution in [0.3, 0.4) is 0 Å². The molecule has 0 bridgehead atoms.